The number of phenols is 2. The molecule has 0 unspecified atom stereocenters. The molecule has 220 valence electrons. The molecule has 0 aliphatic heterocycles. The molecule has 0 fully saturated rings. The Balaban J connectivity index is 1.90. The monoisotopic (exact) mass is 572 g/mol. The topological polar surface area (TPSA) is 206 Å². The number of amides is 3. The zero-order valence-electron chi connectivity index (χ0n) is 24.0. The van der Waals surface area contributed by atoms with Crippen molar-refractivity contribution >= 4 is 28.8 Å². The van der Waals surface area contributed by atoms with Crippen molar-refractivity contribution in [2.75, 3.05) is 27.2 Å². The highest BCUT2D eigenvalue weighted by Crippen LogP contribution is 2.44. The van der Waals surface area contributed by atoms with Crippen LogP contribution in [0, 0.1) is 5.41 Å². The van der Waals surface area contributed by atoms with Gasteiger partial charge in [-0.1, -0.05) is 6.07 Å². The maximum Gasteiger partial charge on any atom is 0.312 e. The molecule has 0 bridgehead atoms. The maximum absolute atomic E-state index is 13.4. The van der Waals surface area contributed by atoms with Gasteiger partial charge in [0, 0.05) is 36.3 Å². The smallest absolute Gasteiger partial charge is 0.312 e. The van der Waals surface area contributed by atoms with Gasteiger partial charge in [-0.15, -0.1) is 0 Å². The van der Waals surface area contributed by atoms with Crippen LogP contribution in [-0.4, -0.2) is 70.0 Å². The van der Waals surface area contributed by atoms with Crippen molar-refractivity contribution in [1.29, 1.82) is 5.41 Å². The van der Waals surface area contributed by atoms with E-state index >= 15 is 0 Å². The van der Waals surface area contributed by atoms with Crippen LogP contribution in [0.3, 0.4) is 0 Å². The van der Waals surface area contributed by atoms with Gasteiger partial charge in [0.25, 0.3) is 0 Å². The summed E-state index contributed by atoms with van der Waals surface area (Å²) in [6, 6.07) is 12.5. The van der Waals surface area contributed by atoms with Crippen LogP contribution in [0.15, 0.2) is 48.5 Å². The number of aromatic hydroxyl groups is 2. The van der Waals surface area contributed by atoms with E-state index in [2.05, 4.69) is 20.6 Å². The number of carbonyl (C=O) groups excluding carboxylic acids is 2. The zero-order valence-corrected chi connectivity index (χ0v) is 24.0. The van der Waals surface area contributed by atoms with Crippen molar-refractivity contribution in [3.8, 4) is 34.0 Å². The Morgan fingerprint density at radius 3 is 2.38 bits per heavy atom. The Bertz CT molecular complexity index is 1680. The van der Waals surface area contributed by atoms with Crippen molar-refractivity contribution in [3.05, 3.63) is 65.2 Å². The molecule has 4 aromatic rings. The molecule has 0 radical (unpaired) electrons. The minimum absolute atomic E-state index is 0.0941. The third-order valence-electron chi connectivity index (χ3n) is 7.11. The lowest BCUT2D eigenvalue weighted by Crippen LogP contribution is -2.42. The number of imidazole rings is 1. The number of nitrogens with one attached hydrogen (secondary N) is 4. The predicted molar refractivity (Wildman–Crippen MR) is 162 cm³/mol. The van der Waals surface area contributed by atoms with E-state index in [1.807, 2.05) is 19.0 Å². The zero-order chi connectivity index (χ0) is 30.8. The van der Waals surface area contributed by atoms with E-state index in [1.165, 1.54) is 6.07 Å². The van der Waals surface area contributed by atoms with Gasteiger partial charge in [0.2, 0.25) is 5.91 Å². The first kappa shape index (κ1) is 29.9. The number of carbonyl (C=O) groups is 2. The first-order valence-electron chi connectivity index (χ1n) is 13.3. The summed E-state index contributed by atoms with van der Waals surface area (Å²) in [4.78, 5) is 34.5. The lowest BCUT2D eigenvalue weighted by atomic mass is 9.80. The third kappa shape index (κ3) is 6.28. The number of rotatable bonds is 10. The molecule has 3 aromatic carbocycles. The molecule has 3 amide bonds. The summed E-state index contributed by atoms with van der Waals surface area (Å²) in [6.07, 6.45) is 0. The number of primary amides is 1. The van der Waals surface area contributed by atoms with Crippen molar-refractivity contribution < 1.29 is 19.8 Å². The Kier molecular flexibility index (Phi) is 8.39. The second-order valence-electron chi connectivity index (χ2n) is 10.9. The minimum Gasteiger partial charge on any atom is -0.507 e. The molecular weight excluding hydrogens is 536 g/mol. The number of nitrogens with two attached hydrogens (primary N) is 2. The molecule has 10 N–H and O–H groups in total. The van der Waals surface area contributed by atoms with Gasteiger partial charge in [0.1, 0.15) is 23.2 Å². The standard InChI is InChI=1S/C30H36N8O4/c1-30(2,28(41)34-9-10-38(3)4)18-13-20(19-11-16(5-8-24(19)39)15-35-29(33)42)25(40)21(14-18)27-36-22-7-6-17(26(31)32)12-23(22)37-27/h5-8,11-14,39-40H,9-10,15H2,1-4H3,(H3,31,32)(H,34,41)(H,36,37)(H3,33,35,42). The summed E-state index contributed by atoms with van der Waals surface area (Å²) < 4.78 is 0. The van der Waals surface area contributed by atoms with Gasteiger partial charge in [-0.25, -0.2) is 9.78 Å². The van der Waals surface area contributed by atoms with Crippen LogP contribution in [0.1, 0.15) is 30.5 Å². The number of urea groups is 1. The number of amidine groups is 1. The van der Waals surface area contributed by atoms with Crippen molar-refractivity contribution in [1.82, 2.24) is 25.5 Å². The largest absolute Gasteiger partial charge is 0.507 e. The van der Waals surface area contributed by atoms with Crippen LogP contribution in [0.2, 0.25) is 0 Å². The summed E-state index contributed by atoms with van der Waals surface area (Å²) in [5.41, 5.74) is 13.6. The van der Waals surface area contributed by atoms with Gasteiger partial charge in [-0.3, -0.25) is 10.2 Å². The number of benzene rings is 3. The SMILES string of the molecule is CN(C)CCNC(=O)C(C)(C)c1cc(-c2nc3ccc(C(=N)N)cc3[nH]2)c(O)c(-c2cc(CNC(N)=O)ccc2O)c1. The normalized spacial score (nSPS) is 11.5. The highest BCUT2D eigenvalue weighted by molar-refractivity contribution is 5.98. The van der Waals surface area contributed by atoms with Gasteiger partial charge in [0.05, 0.1) is 22.0 Å². The second kappa shape index (κ2) is 11.8. The molecule has 0 aliphatic carbocycles. The van der Waals surface area contributed by atoms with E-state index in [9.17, 15) is 19.8 Å². The van der Waals surface area contributed by atoms with Gasteiger partial charge < -0.3 is 42.2 Å². The number of hydrogen-bond donors (Lipinski definition) is 8. The van der Waals surface area contributed by atoms with E-state index in [4.69, 9.17) is 16.9 Å². The number of nitrogen functional groups attached to an aromatic ring is 1. The highest BCUT2D eigenvalue weighted by Gasteiger charge is 2.32. The van der Waals surface area contributed by atoms with E-state index in [0.29, 0.717) is 52.2 Å². The van der Waals surface area contributed by atoms with Crippen LogP contribution in [0.25, 0.3) is 33.5 Å². The first-order chi connectivity index (χ1) is 19.8. The van der Waals surface area contributed by atoms with E-state index < -0.39 is 11.4 Å². The fraction of sp³-hybridized carbons (Fsp3) is 0.267. The number of H-pyrrole nitrogens is 1. The molecule has 0 atom stereocenters. The lowest BCUT2D eigenvalue weighted by Gasteiger charge is -2.26. The average molecular weight is 573 g/mol. The summed E-state index contributed by atoms with van der Waals surface area (Å²) in [5, 5.41) is 35.7. The summed E-state index contributed by atoms with van der Waals surface area (Å²) in [6.45, 7) is 4.78. The maximum atomic E-state index is 13.4. The fourth-order valence-electron chi connectivity index (χ4n) is 4.53. The van der Waals surface area contributed by atoms with E-state index in [-0.39, 0.29) is 40.9 Å². The van der Waals surface area contributed by atoms with E-state index in [0.717, 1.165) is 0 Å². The minimum atomic E-state index is -1.04. The molecule has 0 spiro atoms. The summed E-state index contributed by atoms with van der Waals surface area (Å²) in [7, 11) is 3.84. The van der Waals surface area contributed by atoms with Crippen LogP contribution >= 0.6 is 0 Å². The fourth-order valence-corrected chi connectivity index (χ4v) is 4.53. The second-order valence-corrected chi connectivity index (χ2v) is 10.9. The van der Waals surface area contributed by atoms with Crippen molar-refractivity contribution in [2.24, 2.45) is 11.5 Å². The molecule has 1 heterocycles. The first-order valence-corrected chi connectivity index (χ1v) is 13.3. The van der Waals surface area contributed by atoms with Gasteiger partial charge >= 0.3 is 6.03 Å². The predicted octanol–water partition coefficient (Wildman–Crippen LogP) is 2.72. The van der Waals surface area contributed by atoms with Crippen molar-refractivity contribution in [2.45, 2.75) is 25.8 Å². The van der Waals surface area contributed by atoms with Gasteiger partial charge in [-0.2, -0.15) is 0 Å². The molecule has 12 heteroatoms. The Morgan fingerprint density at radius 2 is 1.71 bits per heavy atom. The van der Waals surface area contributed by atoms with Crippen LogP contribution < -0.4 is 22.1 Å². The molecule has 0 saturated carbocycles. The molecular formula is C30H36N8O4. The molecule has 0 saturated heterocycles. The number of fused-ring (bicyclic) bond motifs is 1. The molecule has 12 nitrogen and oxygen atoms in total. The van der Waals surface area contributed by atoms with Crippen LogP contribution in [0.5, 0.6) is 11.5 Å². The number of aromatic nitrogens is 2. The van der Waals surface area contributed by atoms with Crippen molar-refractivity contribution in [3.63, 3.8) is 0 Å². The molecule has 0 aliphatic rings. The number of aromatic amines is 1. The Labute approximate surface area is 243 Å². The average Bonchev–Trinajstić information content (AvgIpc) is 3.35. The lowest BCUT2D eigenvalue weighted by molar-refractivity contribution is -0.125. The van der Waals surface area contributed by atoms with Crippen LogP contribution in [0.4, 0.5) is 4.79 Å². The number of nitrogens with zero attached hydrogens (tertiary/aromatic N) is 2. The Hall–Kier alpha value is -5.10. The molecule has 42 heavy (non-hydrogen) atoms. The third-order valence-corrected chi connectivity index (χ3v) is 7.11. The van der Waals surface area contributed by atoms with Crippen LogP contribution in [-0.2, 0) is 16.8 Å². The number of likely N-dealkylation sites (N-methyl/N-ethyl adjacent to an activating group) is 1. The number of hydrogen-bond acceptors (Lipinski definition) is 7. The van der Waals surface area contributed by atoms with E-state index in [1.54, 1.807) is 56.3 Å². The molecule has 1 aromatic heterocycles. The van der Waals surface area contributed by atoms with Gasteiger partial charge in [-0.05, 0) is 81.5 Å². The summed E-state index contributed by atoms with van der Waals surface area (Å²) in [5.74, 6) is -0.278. The quantitative estimate of drug-likeness (QED) is 0.105. The van der Waals surface area contributed by atoms with Gasteiger partial charge in [0.15, 0.2) is 0 Å². The highest BCUT2D eigenvalue weighted by atomic mass is 16.3. The molecule has 4 rings (SSSR count). The summed E-state index contributed by atoms with van der Waals surface area (Å²) >= 11 is 0. The number of phenolic OH excluding ortho intramolecular Hbond substituents is 2. The Morgan fingerprint density at radius 1 is 1.00 bits per heavy atom.